The Morgan fingerprint density at radius 2 is 0.875 bits per heavy atom. The Balaban J connectivity index is 5.09. The minimum atomic E-state index is -1.05. The first-order chi connectivity index (χ1) is 11.4. The van der Waals surface area contributed by atoms with E-state index in [0.717, 1.165) is 0 Å². The van der Waals surface area contributed by atoms with E-state index in [1.54, 1.807) is 27.7 Å². The molecule has 0 radical (unpaired) electrons. The van der Waals surface area contributed by atoms with E-state index in [9.17, 15) is 19.2 Å². The number of esters is 4. The molecule has 0 N–H and O–H groups in total. The van der Waals surface area contributed by atoms with Gasteiger partial charge >= 0.3 is 23.9 Å². The van der Waals surface area contributed by atoms with E-state index in [-0.39, 0.29) is 38.9 Å². The number of carbonyl (C=O) groups excluding carboxylic acids is 4. The van der Waals surface area contributed by atoms with Crippen LogP contribution in [-0.2, 0) is 38.1 Å². The van der Waals surface area contributed by atoms with Crippen molar-refractivity contribution in [1.29, 1.82) is 0 Å². The quantitative estimate of drug-likeness (QED) is 0.410. The second kappa shape index (κ2) is 12.3. The zero-order chi connectivity index (χ0) is 18.5. The van der Waals surface area contributed by atoms with Gasteiger partial charge in [-0.15, -0.1) is 0 Å². The third kappa shape index (κ3) is 9.12. The zero-order valence-corrected chi connectivity index (χ0v) is 14.7. The molecule has 8 heteroatoms. The predicted octanol–water partition coefficient (Wildman–Crippen LogP) is 1.54. The first-order valence-electron chi connectivity index (χ1n) is 8.07. The fourth-order valence-corrected chi connectivity index (χ4v) is 1.49. The highest BCUT2D eigenvalue weighted by Gasteiger charge is 2.31. The lowest BCUT2D eigenvalue weighted by atomic mass is 10.2. The van der Waals surface area contributed by atoms with E-state index in [4.69, 9.17) is 18.9 Å². The van der Waals surface area contributed by atoms with Gasteiger partial charge in [0.05, 0.1) is 0 Å². The van der Waals surface area contributed by atoms with Gasteiger partial charge in [-0.2, -0.15) is 0 Å². The van der Waals surface area contributed by atoms with Gasteiger partial charge < -0.3 is 18.9 Å². The van der Waals surface area contributed by atoms with Crippen LogP contribution in [0.2, 0.25) is 0 Å². The number of hydrogen-bond acceptors (Lipinski definition) is 8. The molecule has 8 nitrogen and oxygen atoms in total. The Kier molecular flexibility index (Phi) is 11.2. The Morgan fingerprint density at radius 3 is 1.12 bits per heavy atom. The smallest absolute Gasteiger partial charge is 0.306 e. The van der Waals surface area contributed by atoms with Crippen molar-refractivity contribution >= 4 is 23.9 Å². The molecule has 0 heterocycles. The van der Waals surface area contributed by atoms with Crippen LogP contribution in [-0.4, -0.2) is 49.3 Å². The summed E-state index contributed by atoms with van der Waals surface area (Å²) in [7, 11) is 0. The van der Waals surface area contributed by atoms with Crippen molar-refractivity contribution in [3.05, 3.63) is 0 Å². The summed E-state index contributed by atoms with van der Waals surface area (Å²) in [5.41, 5.74) is 0. The fraction of sp³-hybridized carbons (Fsp3) is 0.750. The predicted molar refractivity (Wildman–Crippen MR) is 82.8 cm³/mol. The van der Waals surface area contributed by atoms with Gasteiger partial charge in [-0.25, -0.2) is 0 Å². The van der Waals surface area contributed by atoms with E-state index >= 15 is 0 Å². The summed E-state index contributed by atoms with van der Waals surface area (Å²) in [5, 5.41) is 0. The zero-order valence-electron chi connectivity index (χ0n) is 14.7. The molecule has 0 saturated heterocycles. The summed E-state index contributed by atoms with van der Waals surface area (Å²) in [4.78, 5) is 45.8. The molecule has 0 aromatic carbocycles. The fourth-order valence-electron chi connectivity index (χ4n) is 1.49. The van der Waals surface area contributed by atoms with Crippen molar-refractivity contribution < 1.29 is 38.1 Å². The lowest BCUT2D eigenvalue weighted by Gasteiger charge is -2.26. The minimum Gasteiger partial charge on any atom is -0.462 e. The molecule has 0 amide bonds. The Hall–Kier alpha value is -2.12. The molecule has 138 valence electrons. The molecule has 0 bridgehead atoms. The lowest BCUT2D eigenvalue weighted by Crippen LogP contribution is -2.42. The molecular formula is C16H26O8. The Labute approximate surface area is 141 Å². The highest BCUT2D eigenvalue weighted by atomic mass is 16.6. The molecule has 0 aliphatic heterocycles. The lowest BCUT2D eigenvalue weighted by molar-refractivity contribution is -0.182. The van der Waals surface area contributed by atoms with Gasteiger partial charge in [0.1, 0.15) is 13.2 Å². The molecule has 0 aliphatic carbocycles. The van der Waals surface area contributed by atoms with Gasteiger partial charge in [-0.3, -0.25) is 19.2 Å². The van der Waals surface area contributed by atoms with Crippen LogP contribution in [0.3, 0.4) is 0 Å². The number of carbonyl (C=O) groups is 4. The summed E-state index contributed by atoms with van der Waals surface area (Å²) in [6.07, 6.45) is -1.60. The van der Waals surface area contributed by atoms with Crippen LogP contribution in [0.15, 0.2) is 0 Å². The normalized spacial score (nSPS) is 12.7. The highest BCUT2D eigenvalue weighted by molar-refractivity contribution is 5.71. The number of ether oxygens (including phenoxy) is 4. The Morgan fingerprint density at radius 1 is 0.583 bits per heavy atom. The monoisotopic (exact) mass is 346 g/mol. The molecule has 0 unspecified atom stereocenters. The van der Waals surface area contributed by atoms with Gasteiger partial charge in [0, 0.05) is 25.7 Å². The number of hydrogen-bond donors (Lipinski definition) is 0. The second-order valence-corrected chi connectivity index (χ2v) is 4.84. The molecule has 0 aromatic rings. The van der Waals surface area contributed by atoms with Gasteiger partial charge in [0.25, 0.3) is 0 Å². The van der Waals surface area contributed by atoms with Gasteiger partial charge in [0.2, 0.25) is 0 Å². The van der Waals surface area contributed by atoms with Gasteiger partial charge in [0.15, 0.2) is 12.2 Å². The summed E-state index contributed by atoms with van der Waals surface area (Å²) < 4.78 is 20.3. The maximum atomic E-state index is 11.6. The van der Waals surface area contributed by atoms with Crippen LogP contribution in [0, 0.1) is 0 Å². The SMILES string of the molecule is CCC(=O)OC[C@H](OC(=O)CC)[C@@H](COC(=O)CC)OC(=O)CC. The van der Waals surface area contributed by atoms with Crippen molar-refractivity contribution in [2.45, 2.75) is 65.6 Å². The summed E-state index contributed by atoms with van der Waals surface area (Å²) >= 11 is 0. The van der Waals surface area contributed by atoms with E-state index in [1.807, 2.05) is 0 Å². The van der Waals surface area contributed by atoms with Crippen molar-refractivity contribution in [1.82, 2.24) is 0 Å². The molecule has 0 saturated carbocycles. The second-order valence-electron chi connectivity index (χ2n) is 4.84. The molecule has 0 rings (SSSR count). The van der Waals surface area contributed by atoms with E-state index in [2.05, 4.69) is 0 Å². The Bertz CT molecular complexity index is 392. The average Bonchev–Trinajstić information content (AvgIpc) is 2.60. The first-order valence-corrected chi connectivity index (χ1v) is 8.07. The van der Waals surface area contributed by atoms with Crippen LogP contribution in [0.1, 0.15) is 53.4 Å². The van der Waals surface area contributed by atoms with Gasteiger partial charge in [-0.05, 0) is 0 Å². The summed E-state index contributed by atoms with van der Waals surface area (Å²) in [6, 6.07) is 0. The summed E-state index contributed by atoms with van der Waals surface area (Å²) in [6.45, 7) is 5.86. The molecule has 2 atom stereocenters. The maximum Gasteiger partial charge on any atom is 0.306 e. The van der Waals surface area contributed by atoms with Crippen molar-refractivity contribution in [2.24, 2.45) is 0 Å². The van der Waals surface area contributed by atoms with Gasteiger partial charge in [-0.1, -0.05) is 27.7 Å². The molecule has 0 aromatic heterocycles. The van der Waals surface area contributed by atoms with Crippen molar-refractivity contribution in [3.63, 3.8) is 0 Å². The van der Waals surface area contributed by atoms with Crippen LogP contribution < -0.4 is 0 Å². The third-order valence-electron chi connectivity index (χ3n) is 2.95. The molecule has 24 heavy (non-hydrogen) atoms. The van der Waals surface area contributed by atoms with Crippen molar-refractivity contribution in [2.75, 3.05) is 13.2 Å². The van der Waals surface area contributed by atoms with Crippen LogP contribution in [0.5, 0.6) is 0 Å². The molecule has 0 fully saturated rings. The van der Waals surface area contributed by atoms with E-state index in [1.165, 1.54) is 0 Å². The molecule has 0 aliphatic rings. The standard InChI is InChI=1S/C16H26O8/c1-5-13(17)21-9-11(23-15(19)7-3)12(24-16(20)8-4)10-22-14(18)6-2/h11-12H,5-10H2,1-4H3/t11-,12+. The van der Waals surface area contributed by atoms with Crippen molar-refractivity contribution in [3.8, 4) is 0 Å². The number of rotatable bonds is 11. The highest BCUT2D eigenvalue weighted by Crippen LogP contribution is 2.11. The van der Waals surface area contributed by atoms with Crippen LogP contribution in [0.25, 0.3) is 0 Å². The summed E-state index contributed by atoms with van der Waals surface area (Å²) in [5.74, 6) is -2.07. The topological polar surface area (TPSA) is 105 Å². The van der Waals surface area contributed by atoms with E-state index in [0.29, 0.717) is 0 Å². The van der Waals surface area contributed by atoms with E-state index < -0.39 is 36.1 Å². The first kappa shape index (κ1) is 21.9. The maximum absolute atomic E-state index is 11.6. The van der Waals surface area contributed by atoms with Crippen LogP contribution in [0.4, 0.5) is 0 Å². The third-order valence-corrected chi connectivity index (χ3v) is 2.95. The minimum absolute atomic E-state index is 0.0986. The molecule has 0 spiro atoms. The largest absolute Gasteiger partial charge is 0.462 e. The average molecular weight is 346 g/mol. The van der Waals surface area contributed by atoms with Crippen LogP contribution >= 0.6 is 0 Å². The molecular weight excluding hydrogens is 320 g/mol.